The van der Waals surface area contributed by atoms with Crippen LogP contribution in [0.1, 0.15) is 59.5 Å². The number of halogens is 1. The molecule has 0 spiro atoms. The average Bonchev–Trinajstić information content (AvgIpc) is 2.92. The summed E-state index contributed by atoms with van der Waals surface area (Å²) in [6.07, 6.45) is 3.85. The van der Waals surface area contributed by atoms with Gasteiger partial charge in [-0.1, -0.05) is 30.2 Å². The van der Waals surface area contributed by atoms with Gasteiger partial charge >= 0.3 is 5.97 Å². The van der Waals surface area contributed by atoms with Crippen LogP contribution in [0.3, 0.4) is 0 Å². The lowest BCUT2D eigenvalue weighted by atomic mass is 10.1. The summed E-state index contributed by atoms with van der Waals surface area (Å²) in [6, 6.07) is 7.70. The Bertz CT molecular complexity index is 1080. The van der Waals surface area contributed by atoms with Crippen LogP contribution in [0, 0.1) is 11.3 Å². The third kappa shape index (κ3) is 5.47. The fourth-order valence-corrected chi connectivity index (χ4v) is 4.94. The number of carbonyl (C=O) groups is 3. The maximum absolute atomic E-state index is 12.6. The zero-order valence-corrected chi connectivity index (χ0v) is 19.4. The highest BCUT2D eigenvalue weighted by Gasteiger charge is 2.26. The smallest absolute Gasteiger partial charge is 0.329 e. The third-order valence-corrected chi connectivity index (χ3v) is 6.79. The molecule has 9 heteroatoms. The van der Waals surface area contributed by atoms with Crippen molar-refractivity contribution in [1.82, 2.24) is 5.32 Å². The Balaban J connectivity index is 1.59. The highest BCUT2D eigenvalue weighted by atomic mass is 35.5. The molecule has 0 saturated carbocycles. The largest absolute Gasteiger partial charge is 0.451 e. The number of nitriles is 1. The first-order valence-electron chi connectivity index (χ1n) is 10.4. The predicted octanol–water partition coefficient (Wildman–Crippen LogP) is 4.23. The fraction of sp³-hybridized carbons (Fsp3) is 0.391. The van der Waals surface area contributed by atoms with Crippen LogP contribution in [-0.2, 0) is 27.2 Å². The quantitative estimate of drug-likeness (QED) is 0.482. The minimum absolute atomic E-state index is 0.237. The van der Waals surface area contributed by atoms with Gasteiger partial charge in [-0.3, -0.25) is 9.59 Å². The first-order valence-corrected chi connectivity index (χ1v) is 11.6. The number of rotatable bonds is 6. The van der Waals surface area contributed by atoms with Gasteiger partial charge in [0.05, 0.1) is 16.1 Å². The van der Waals surface area contributed by atoms with Gasteiger partial charge in [-0.25, -0.2) is 4.79 Å². The number of anilines is 1. The number of aryl methyl sites for hydroxylation is 1. The summed E-state index contributed by atoms with van der Waals surface area (Å²) < 4.78 is 5.23. The number of benzene rings is 1. The van der Waals surface area contributed by atoms with Crippen molar-refractivity contribution in [3.05, 3.63) is 50.9 Å². The van der Waals surface area contributed by atoms with Crippen molar-refractivity contribution in [2.45, 2.75) is 58.1 Å². The molecule has 2 amide bonds. The van der Waals surface area contributed by atoms with E-state index in [1.165, 1.54) is 25.2 Å². The Kier molecular flexibility index (Phi) is 7.89. The topological polar surface area (TPSA) is 108 Å². The molecule has 0 radical (unpaired) electrons. The van der Waals surface area contributed by atoms with Gasteiger partial charge in [-0.2, -0.15) is 5.26 Å². The van der Waals surface area contributed by atoms with Gasteiger partial charge in [0.25, 0.3) is 11.8 Å². The van der Waals surface area contributed by atoms with Crippen molar-refractivity contribution in [2.75, 3.05) is 5.32 Å². The molecule has 1 aliphatic rings. The van der Waals surface area contributed by atoms with E-state index in [0.717, 1.165) is 42.5 Å². The molecule has 1 aromatic carbocycles. The zero-order valence-electron chi connectivity index (χ0n) is 17.9. The zero-order chi connectivity index (χ0) is 23.3. The Morgan fingerprint density at radius 1 is 1.16 bits per heavy atom. The van der Waals surface area contributed by atoms with E-state index in [1.807, 2.05) is 0 Å². The molecule has 2 atom stereocenters. The number of nitrogens with zero attached hydrogens (tertiary/aromatic N) is 1. The van der Waals surface area contributed by atoms with Crippen LogP contribution in [0.15, 0.2) is 24.3 Å². The number of amides is 2. The van der Waals surface area contributed by atoms with E-state index >= 15 is 0 Å². The Morgan fingerprint density at radius 2 is 1.88 bits per heavy atom. The summed E-state index contributed by atoms with van der Waals surface area (Å²) >= 11 is 7.42. The van der Waals surface area contributed by atoms with Crippen LogP contribution >= 0.6 is 22.9 Å². The van der Waals surface area contributed by atoms with Crippen LogP contribution in [0.4, 0.5) is 5.00 Å². The second kappa shape index (κ2) is 10.6. The Morgan fingerprint density at radius 3 is 2.59 bits per heavy atom. The van der Waals surface area contributed by atoms with Gasteiger partial charge in [-0.15, -0.1) is 11.3 Å². The maximum Gasteiger partial charge on any atom is 0.329 e. The van der Waals surface area contributed by atoms with Crippen LogP contribution in [-0.4, -0.2) is 29.9 Å². The maximum atomic E-state index is 12.6. The average molecular weight is 474 g/mol. The van der Waals surface area contributed by atoms with E-state index in [9.17, 15) is 19.6 Å². The number of fused-ring (bicyclic) bond motifs is 1. The van der Waals surface area contributed by atoms with E-state index in [1.54, 1.807) is 24.3 Å². The Labute approximate surface area is 195 Å². The van der Waals surface area contributed by atoms with E-state index in [4.69, 9.17) is 16.3 Å². The fourth-order valence-electron chi connectivity index (χ4n) is 3.47. The number of carbonyl (C=O) groups excluding carboxylic acids is 3. The highest BCUT2D eigenvalue weighted by Crippen LogP contribution is 2.37. The molecule has 7 nitrogen and oxygen atoms in total. The molecule has 1 unspecified atom stereocenters. The van der Waals surface area contributed by atoms with Gasteiger partial charge in [-0.05, 0) is 57.2 Å². The number of nitrogens with one attached hydrogen (secondary N) is 2. The van der Waals surface area contributed by atoms with Crippen molar-refractivity contribution in [1.29, 1.82) is 5.26 Å². The molecule has 0 fully saturated rings. The number of hydrogen-bond acceptors (Lipinski definition) is 6. The summed E-state index contributed by atoms with van der Waals surface area (Å²) in [4.78, 5) is 38.4. The van der Waals surface area contributed by atoms with E-state index in [-0.39, 0.29) is 10.6 Å². The van der Waals surface area contributed by atoms with E-state index in [2.05, 4.69) is 16.7 Å². The highest BCUT2D eigenvalue weighted by molar-refractivity contribution is 7.16. The number of esters is 1. The van der Waals surface area contributed by atoms with E-state index in [0.29, 0.717) is 10.6 Å². The summed E-state index contributed by atoms with van der Waals surface area (Å²) in [5, 5.41) is 15.6. The minimum Gasteiger partial charge on any atom is -0.451 e. The van der Waals surface area contributed by atoms with Crippen LogP contribution in [0.5, 0.6) is 0 Å². The molecule has 3 rings (SSSR count). The predicted molar refractivity (Wildman–Crippen MR) is 123 cm³/mol. The molecule has 1 heterocycles. The van der Waals surface area contributed by atoms with Crippen molar-refractivity contribution < 1.29 is 19.1 Å². The molecule has 2 aromatic rings. The standard InChI is InChI=1S/C23H24ClN3O4S/c1-13(26-21(29)16-9-6-7-10-18(16)24)23(30)31-14(2)20(28)27-22-17(12-25)15-8-4-3-5-11-19(15)32-22/h6-7,9-10,13-14H,3-5,8,11H2,1-2H3,(H,26,29)(H,27,28)/t13-,14?/m0/s1. The first-order chi connectivity index (χ1) is 15.3. The van der Waals surface area contributed by atoms with Gasteiger partial charge in [0, 0.05) is 4.88 Å². The van der Waals surface area contributed by atoms with Crippen molar-refractivity contribution >= 4 is 45.7 Å². The van der Waals surface area contributed by atoms with Crippen LogP contribution in [0.25, 0.3) is 0 Å². The second-order valence-corrected chi connectivity index (χ2v) is 9.14. The second-order valence-electron chi connectivity index (χ2n) is 7.62. The molecular formula is C23H24ClN3O4S. The lowest BCUT2D eigenvalue weighted by molar-refractivity contribution is -0.154. The van der Waals surface area contributed by atoms with Gasteiger partial charge in [0.15, 0.2) is 6.10 Å². The molecule has 1 aromatic heterocycles. The van der Waals surface area contributed by atoms with Crippen LogP contribution < -0.4 is 10.6 Å². The first kappa shape index (κ1) is 23.8. The van der Waals surface area contributed by atoms with Crippen molar-refractivity contribution in [2.24, 2.45) is 0 Å². The molecular weight excluding hydrogens is 450 g/mol. The monoisotopic (exact) mass is 473 g/mol. The summed E-state index contributed by atoms with van der Waals surface area (Å²) in [5.41, 5.74) is 1.76. The molecule has 168 valence electrons. The molecule has 0 bridgehead atoms. The normalized spacial score (nSPS) is 14.8. The molecule has 1 aliphatic carbocycles. The Hall–Kier alpha value is -2.89. The summed E-state index contributed by atoms with van der Waals surface area (Å²) in [5.74, 6) is -1.80. The SMILES string of the molecule is CC(OC(=O)[C@H](C)NC(=O)c1ccccc1Cl)C(=O)Nc1sc2c(c1C#N)CCCCC2. The number of ether oxygens (including phenoxy) is 1. The third-order valence-electron chi connectivity index (χ3n) is 5.25. The van der Waals surface area contributed by atoms with Gasteiger partial charge in [0.2, 0.25) is 0 Å². The van der Waals surface area contributed by atoms with Crippen molar-refractivity contribution in [3.63, 3.8) is 0 Å². The lowest BCUT2D eigenvalue weighted by Gasteiger charge is -2.17. The molecule has 2 N–H and O–H groups in total. The number of hydrogen-bond donors (Lipinski definition) is 2. The molecule has 32 heavy (non-hydrogen) atoms. The molecule has 0 aliphatic heterocycles. The minimum atomic E-state index is -1.10. The van der Waals surface area contributed by atoms with Gasteiger partial charge in [0.1, 0.15) is 17.1 Å². The van der Waals surface area contributed by atoms with Crippen molar-refractivity contribution in [3.8, 4) is 6.07 Å². The summed E-state index contributed by atoms with van der Waals surface area (Å²) in [6.45, 7) is 2.91. The van der Waals surface area contributed by atoms with Gasteiger partial charge < -0.3 is 15.4 Å². The molecule has 0 saturated heterocycles. The number of thiophene rings is 1. The summed E-state index contributed by atoms with van der Waals surface area (Å²) in [7, 11) is 0. The van der Waals surface area contributed by atoms with Crippen LogP contribution in [0.2, 0.25) is 5.02 Å². The lowest BCUT2D eigenvalue weighted by Crippen LogP contribution is -2.42. The van der Waals surface area contributed by atoms with E-state index < -0.39 is 29.9 Å².